The second-order valence-electron chi connectivity index (χ2n) is 6.20. The van der Waals surface area contributed by atoms with Gasteiger partial charge in [0, 0.05) is 31.4 Å². The molecule has 0 saturated carbocycles. The molecule has 1 unspecified atom stereocenters. The second kappa shape index (κ2) is 5.48. The van der Waals surface area contributed by atoms with Gasteiger partial charge >= 0.3 is 0 Å². The number of anilines is 1. The largest absolute Gasteiger partial charge is 0.341 e. The van der Waals surface area contributed by atoms with E-state index >= 15 is 0 Å². The number of carbonyl (C=O) groups is 2. The van der Waals surface area contributed by atoms with Gasteiger partial charge in [0.2, 0.25) is 5.91 Å². The summed E-state index contributed by atoms with van der Waals surface area (Å²) in [5.74, 6) is 0.573. The van der Waals surface area contributed by atoms with E-state index in [2.05, 4.69) is 17.3 Å². The molecule has 0 bridgehead atoms. The van der Waals surface area contributed by atoms with Crippen LogP contribution in [-0.4, -0.2) is 55.3 Å². The zero-order valence-electron chi connectivity index (χ0n) is 12.6. The van der Waals surface area contributed by atoms with Crippen LogP contribution >= 0.6 is 0 Å². The maximum atomic E-state index is 12.5. The van der Waals surface area contributed by atoms with Crippen LogP contribution in [0.15, 0.2) is 18.2 Å². The smallest absolute Gasteiger partial charge is 0.253 e. The first kappa shape index (κ1) is 14.1. The van der Waals surface area contributed by atoms with Crippen molar-refractivity contribution in [1.82, 2.24) is 9.80 Å². The molecule has 5 nitrogen and oxygen atoms in total. The third-order valence-electron chi connectivity index (χ3n) is 4.35. The molecule has 112 valence electrons. The van der Waals surface area contributed by atoms with Crippen LogP contribution in [0.4, 0.5) is 5.69 Å². The molecule has 0 aliphatic carbocycles. The van der Waals surface area contributed by atoms with Crippen LogP contribution in [0.2, 0.25) is 0 Å². The van der Waals surface area contributed by atoms with E-state index in [4.69, 9.17) is 0 Å². The summed E-state index contributed by atoms with van der Waals surface area (Å²) in [6.07, 6.45) is 1.56. The van der Waals surface area contributed by atoms with Gasteiger partial charge in [-0.05, 0) is 43.6 Å². The summed E-state index contributed by atoms with van der Waals surface area (Å²) in [7, 11) is 3.97. The van der Waals surface area contributed by atoms with Gasteiger partial charge < -0.3 is 15.1 Å². The van der Waals surface area contributed by atoms with Crippen LogP contribution < -0.4 is 5.32 Å². The van der Waals surface area contributed by atoms with E-state index in [-0.39, 0.29) is 11.8 Å². The molecule has 5 heteroatoms. The minimum Gasteiger partial charge on any atom is -0.341 e. The number of hydrogen-bond acceptors (Lipinski definition) is 3. The Bertz CT molecular complexity index is 585. The molecule has 1 saturated heterocycles. The molecule has 21 heavy (non-hydrogen) atoms. The molecule has 1 fully saturated rings. The van der Waals surface area contributed by atoms with Gasteiger partial charge in [0.1, 0.15) is 0 Å². The van der Waals surface area contributed by atoms with Crippen LogP contribution in [0.5, 0.6) is 0 Å². The Morgan fingerprint density at radius 1 is 1.48 bits per heavy atom. The van der Waals surface area contributed by atoms with Crippen molar-refractivity contribution in [2.24, 2.45) is 5.92 Å². The van der Waals surface area contributed by atoms with Gasteiger partial charge in [0.15, 0.2) is 0 Å². The number of benzene rings is 1. The van der Waals surface area contributed by atoms with Crippen molar-refractivity contribution in [1.29, 1.82) is 0 Å². The highest BCUT2D eigenvalue weighted by Gasteiger charge is 2.24. The molecule has 1 N–H and O–H groups in total. The lowest BCUT2D eigenvalue weighted by molar-refractivity contribution is -0.115. The summed E-state index contributed by atoms with van der Waals surface area (Å²) in [5, 5.41) is 2.79. The summed E-state index contributed by atoms with van der Waals surface area (Å²) in [5.41, 5.74) is 2.39. The van der Waals surface area contributed by atoms with E-state index in [0.717, 1.165) is 37.3 Å². The Kier molecular flexibility index (Phi) is 3.68. The van der Waals surface area contributed by atoms with Crippen molar-refractivity contribution < 1.29 is 9.59 Å². The summed E-state index contributed by atoms with van der Waals surface area (Å²) in [6.45, 7) is 2.95. The van der Waals surface area contributed by atoms with Crippen molar-refractivity contribution in [2.75, 3.05) is 39.0 Å². The zero-order valence-corrected chi connectivity index (χ0v) is 12.6. The van der Waals surface area contributed by atoms with Crippen LogP contribution in [0.3, 0.4) is 0 Å². The number of amides is 2. The molecule has 0 aromatic heterocycles. The van der Waals surface area contributed by atoms with Crippen molar-refractivity contribution >= 4 is 17.5 Å². The number of nitrogens with zero attached hydrogens (tertiary/aromatic N) is 2. The van der Waals surface area contributed by atoms with E-state index in [1.165, 1.54) is 0 Å². The molecule has 0 radical (unpaired) electrons. The number of fused-ring (bicyclic) bond motifs is 1. The van der Waals surface area contributed by atoms with Crippen molar-refractivity contribution in [3.63, 3.8) is 0 Å². The molecule has 1 aromatic carbocycles. The maximum absolute atomic E-state index is 12.5. The number of likely N-dealkylation sites (tertiary alicyclic amines) is 1. The fourth-order valence-electron chi connectivity index (χ4n) is 3.21. The lowest BCUT2D eigenvalue weighted by Crippen LogP contribution is -2.32. The van der Waals surface area contributed by atoms with E-state index in [1.807, 2.05) is 19.2 Å². The molecule has 2 amide bonds. The fourth-order valence-corrected chi connectivity index (χ4v) is 3.21. The summed E-state index contributed by atoms with van der Waals surface area (Å²) >= 11 is 0. The number of nitrogens with one attached hydrogen (secondary N) is 1. The monoisotopic (exact) mass is 287 g/mol. The Hall–Kier alpha value is -1.88. The lowest BCUT2D eigenvalue weighted by Gasteiger charge is -2.21. The molecule has 2 aliphatic heterocycles. The summed E-state index contributed by atoms with van der Waals surface area (Å²) < 4.78 is 0. The molecule has 0 spiro atoms. The predicted octanol–water partition coefficient (Wildman–Crippen LogP) is 1.20. The van der Waals surface area contributed by atoms with Crippen LogP contribution in [0.1, 0.15) is 22.3 Å². The van der Waals surface area contributed by atoms with Gasteiger partial charge in [-0.2, -0.15) is 0 Å². The summed E-state index contributed by atoms with van der Waals surface area (Å²) in [6, 6.07) is 5.48. The topological polar surface area (TPSA) is 52.6 Å². The molecular formula is C16H21N3O2. The number of rotatable bonds is 3. The van der Waals surface area contributed by atoms with E-state index < -0.39 is 0 Å². The lowest BCUT2D eigenvalue weighted by atomic mass is 10.1. The van der Waals surface area contributed by atoms with Crippen LogP contribution in [0.25, 0.3) is 0 Å². The predicted molar refractivity (Wildman–Crippen MR) is 81.3 cm³/mol. The third kappa shape index (κ3) is 2.93. The first-order valence-corrected chi connectivity index (χ1v) is 7.39. The van der Waals surface area contributed by atoms with Crippen LogP contribution in [-0.2, 0) is 11.2 Å². The van der Waals surface area contributed by atoms with Gasteiger partial charge in [-0.25, -0.2) is 0 Å². The Morgan fingerprint density at radius 2 is 2.29 bits per heavy atom. The van der Waals surface area contributed by atoms with Gasteiger partial charge in [-0.1, -0.05) is 6.07 Å². The van der Waals surface area contributed by atoms with Gasteiger partial charge in [-0.3, -0.25) is 9.59 Å². The first-order chi connectivity index (χ1) is 10.0. The Labute approximate surface area is 124 Å². The van der Waals surface area contributed by atoms with Crippen LogP contribution in [0, 0.1) is 5.92 Å². The standard InChI is InChI=1S/C16H21N3O2/c1-18-6-5-11(9-18)10-19(2)16(21)13-4-3-12-8-15(20)17-14(12)7-13/h3-4,7,11H,5-6,8-10H2,1-2H3,(H,17,20). The number of hydrogen-bond donors (Lipinski definition) is 1. The van der Waals surface area contributed by atoms with Gasteiger partial charge in [0.25, 0.3) is 5.91 Å². The highest BCUT2D eigenvalue weighted by molar-refractivity contribution is 6.02. The highest BCUT2D eigenvalue weighted by Crippen LogP contribution is 2.25. The quantitative estimate of drug-likeness (QED) is 0.909. The number of carbonyl (C=O) groups excluding carboxylic acids is 2. The fraction of sp³-hybridized carbons (Fsp3) is 0.500. The first-order valence-electron chi connectivity index (χ1n) is 7.39. The van der Waals surface area contributed by atoms with Crippen molar-refractivity contribution in [3.05, 3.63) is 29.3 Å². The van der Waals surface area contributed by atoms with Gasteiger partial charge in [0.05, 0.1) is 6.42 Å². The molecule has 1 atom stereocenters. The maximum Gasteiger partial charge on any atom is 0.253 e. The Balaban J connectivity index is 1.67. The van der Waals surface area contributed by atoms with E-state index in [0.29, 0.717) is 17.9 Å². The molecule has 2 heterocycles. The minimum atomic E-state index is -0.00283. The molecule has 1 aromatic rings. The van der Waals surface area contributed by atoms with E-state index in [1.54, 1.807) is 11.0 Å². The SMILES string of the molecule is CN1CCC(CN(C)C(=O)c2ccc3c(c2)NC(=O)C3)C1. The Morgan fingerprint density at radius 3 is 3.00 bits per heavy atom. The molecule has 3 rings (SSSR count). The summed E-state index contributed by atoms with van der Waals surface area (Å²) in [4.78, 5) is 28.0. The van der Waals surface area contributed by atoms with Gasteiger partial charge in [-0.15, -0.1) is 0 Å². The average molecular weight is 287 g/mol. The molecule has 2 aliphatic rings. The zero-order chi connectivity index (χ0) is 15.0. The minimum absolute atomic E-state index is 0.00283. The van der Waals surface area contributed by atoms with Crippen molar-refractivity contribution in [2.45, 2.75) is 12.8 Å². The van der Waals surface area contributed by atoms with Crippen molar-refractivity contribution in [3.8, 4) is 0 Å². The third-order valence-corrected chi connectivity index (χ3v) is 4.35. The molecular weight excluding hydrogens is 266 g/mol. The second-order valence-corrected chi connectivity index (χ2v) is 6.20. The highest BCUT2D eigenvalue weighted by atomic mass is 16.2. The average Bonchev–Trinajstić information content (AvgIpc) is 3.01. The normalized spacial score (nSPS) is 21.2. The van der Waals surface area contributed by atoms with E-state index in [9.17, 15) is 9.59 Å².